The molecule has 0 aromatic rings. The van der Waals surface area contributed by atoms with Crippen LogP contribution in [-0.2, 0) is 14.8 Å². The van der Waals surface area contributed by atoms with Crippen LogP contribution in [-0.4, -0.2) is 80.1 Å². The molecule has 0 radical (unpaired) electrons. The zero-order valence-corrected chi connectivity index (χ0v) is 14.0. The van der Waals surface area contributed by atoms with Gasteiger partial charge in [-0.25, -0.2) is 8.42 Å². The molecule has 0 aliphatic carbocycles. The summed E-state index contributed by atoms with van der Waals surface area (Å²) in [7, 11) is -3.12. The van der Waals surface area contributed by atoms with Gasteiger partial charge >= 0.3 is 0 Å². The minimum atomic E-state index is -3.12. The zero-order valence-electron chi connectivity index (χ0n) is 11.6. The first-order valence-corrected chi connectivity index (χ1v) is 9.51. The Hall–Kier alpha value is -0.0200. The number of rotatable bonds is 3. The van der Waals surface area contributed by atoms with E-state index in [-0.39, 0.29) is 24.4 Å². The van der Waals surface area contributed by atoms with E-state index in [1.807, 2.05) is 11.8 Å². The average molecular weight is 344 g/mol. The number of hydrogen-bond donors (Lipinski definition) is 1. The lowest BCUT2D eigenvalue weighted by atomic mass is 10.2. The number of thioether (sulfide) groups is 1. The van der Waals surface area contributed by atoms with E-state index in [4.69, 9.17) is 0 Å². The van der Waals surface area contributed by atoms with Crippen LogP contribution >= 0.6 is 24.2 Å². The largest absolute Gasteiger partial charge is 0.340 e. The van der Waals surface area contributed by atoms with Gasteiger partial charge in [0.15, 0.2) is 0 Å². The van der Waals surface area contributed by atoms with Crippen molar-refractivity contribution in [2.45, 2.75) is 12.5 Å². The maximum absolute atomic E-state index is 12.1. The molecule has 2 aliphatic heterocycles. The molecule has 9 heteroatoms. The second-order valence-corrected chi connectivity index (χ2v) is 8.11. The number of carbonyl (C=O) groups is 1. The Bertz CT molecular complexity index is 419. The van der Waals surface area contributed by atoms with E-state index >= 15 is 0 Å². The summed E-state index contributed by atoms with van der Waals surface area (Å²) >= 11 is 1.87. The third-order valence-corrected chi connectivity index (χ3v) is 5.91. The summed E-state index contributed by atoms with van der Waals surface area (Å²) in [6.45, 7) is 2.80. The van der Waals surface area contributed by atoms with E-state index in [2.05, 4.69) is 5.32 Å². The molecule has 2 fully saturated rings. The molecule has 2 rings (SSSR count). The van der Waals surface area contributed by atoms with Gasteiger partial charge in [-0.2, -0.15) is 16.1 Å². The number of nitrogens with one attached hydrogen (secondary N) is 1. The van der Waals surface area contributed by atoms with Crippen molar-refractivity contribution in [2.24, 2.45) is 0 Å². The monoisotopic (exact) mass is 343 g/mol. The van der Waals surface area contributed by atoms with Crippen LogP contribution in [0.15, 0.2) is 0 Å². The van der Waals surface area contributed by atoms with Gasteiger partial charge in [0, 0.05) is 56.7 Å². The second-order valence-electron chi connectivity index (χ2n) is 4.97. The van der Waals surface area contributed by atoms with Crippen molar-refractivity contribution in [2.75, 3.05) is 50.5 Å². The van der Waals surface area contributed by atoms with Crippen LogP contribution in [0.2, 0.25) is 0 Å². The number of halogens is 1. The fraction of sp³-hybridized carbons (Fsp3) is 0.909. The smallest absolute Gasteiger partial charge is 0.224 e. The molecule has 6 nitrogen and oxygen atoms in total. The van der Waals surface area contributed by atoms with E-state index in [1.165, 1.54) is 10.6 Å². The van der Waals surface area contributed by atoms with Crippen LogP contribution in [0.5, 0.6) is 0 Å². The van der Waals surface area contributed by atoms with Gasteiger partial charge in [-0.1, -0.05) is 0 Å². The minimum Gasteiger partial charge on any atom is -0.340 e. The highest BCUT2D eigenvalue weighted by Crippen LogP contribution is 2.13. The second kappa shape index (κ2) is 7.84. The Balaban J connectivity index is 0.00000200. The Morgan fingerprint density at radius 2 is 1.95 bits per heavy atom. The topological polar surface area (TPSA) is 69.7 Å². The number of nitrogens with zero attached hydrogens (tertiary/aromatic N) is 2. The summed E-state index contributed by atoms with van der Waals surface area (Å²) < 4.78 is 24.2. The van der Waals surface area contributed by atoms with Crippen LogP contribution in [0.4, 0.5) is 0 Å². The van der Waals surface area contributed by atoms with Gasteiger partial charge in [0.05, 0.1) is 6.26 Å². The molecule has 2 saturated heterocycles. The summed E-state index contributed by atoms with van der Waals surface area (Å²) in [5.74, 6) is 2.22. The third-order valence-electron chi connectivity index (χ3n) is 3.48. The highest BCUT2D eigenvalue weighted by Gasteiger charge is 2.27. The first kappa shape index (κ1) is 18.0. The number of hydrogen-bond acceptors (Lipinski definition) is 5. The lowest BCUT2D eigenvalue weighted by Crippen LogP contribution is -2.51. The molecule has 1 unspecified atom stereocenters. The fourth-order valence-electron chi connectivity index (χ4n) is 2.36. The summed E-state index contributed by atoms with van der Waals surface area (Å²) in [6.07, 6.45) is 1.74. The molecule has 2 aliphatic rings. The lowest BCUT2D eigenvalue weighted by molar-refractivity contribution is -0.132. The maximum atomic E-state index is 12.1. The van der Waals surface area contributed by atoms with E-state index in [0.29, 0.717) is 32.6 Å². The predicted molar refractivity (Wildman–Crippen MR) is 84.0 cm³/mol. The van der Waals surface area contributed by atoms with Gasteiger partial charge in [0.1, 0.15) is 0 Å². The molecule has 1 N–H and O–H groups in total. The van der Waals surface area contributed by atoms with Crippen LogP contribution < -0.4 is 5.32 Å². The van der Waals surface area contributed by atoms with Crippen LogP contribution in [0.1, 0.15) is 6.42 Å². The van der Waals surface area contributed by atoms with Crippen molar-refractivity contribution in [1.82, 2.24) is 14.5 Å². The first-order valence-electron chi connectivity index (χ1n) is 6.51. The molecule has 2 heterocycles. The highest BCUT2D eigenvalue weighted by atomic mass is 35.5. The quantitative estimate of drug-likeness (QED) is 0.755. The normalized spacial score (nSPS) is 25.1. The highest BCUT2D eigenvalue weighted by molar-refractivity contribution is 7.99. The predicted octanol–water partition coefficient (Wildman–Crippen LogP) is -0.393. The van der Waals surface area contributed by atoms with Crippen molar-refractivity contribution < 1.29 is 13.2 Å². The molecule has 0 aromatic heterocycles. The number of amides is 1. The molecule has 0 bridgehead atoms. The maximum Gasteiger partial charge on any atom is 0.224 e. The average Bonchev–Trinajstić information content (AvgIpc) is 2.39. The number of sulfonamides is 1. The zero-order chi connectivity index (χ0) is 13.9. The van der Waals surface area contributed by atoms with Crippen LogP contribution in [0.25, 0.3) is 0 Å². The Morgan fingerprint density at radius 1 is 1.30 bits per heavy atom. The minimum absolute atomic E-state index is 0. The molecular formula is C11H22ClN3O3S2. The lowest BCUT2D eigenvalue weighted by Gasteiger charge is -2.34. The van der Waals surface area contributed by atoms with Gasteiger partial charge in [-0.15, -0.1) is 12.4 Å². The summed E-state index contributed by atoms with van der Waals surface area (Å²) in [4.78, 5) is 13.9. The van der Waals surface area contributed by atoms with Crippen LogP contribution in [0.3, 0.4) is 0 Å². The standard InChI is InChI=1S/C11H21N3O3S2.ClH/c1-19(16,17)14-5-3-13(4-6-14)11(15)8-10-9-18-7-2-12-10;/h10,12H,2-9H2,1H3;1H. The molecule has 118 valence electrons. The van der Waals surface area contributed by atoms with Crippen molar-refractivity contribution in [1.29, 1.82) is 0 Å². The van der Waals surface area contributed by atoms with Crippen LogP contribution in [0, 0.1) is 0 Å². The third kappa shape index (κ3) is 5.07. The SMILES string of the molecule is CS(=O)(=O)N1CCN(C(=O)CC2CSCCN2)CC1.Cl. The summed E-state index contributed by atoms with van der Waals surface area (Å²) in [6, 6.07) is 0.263. The molecule has 1 amide bonds. The Labute approximate surface area is 131 Å². The van der Waals surface area contributed by atoms with Gasteiger partial charge in [0.2, 0.25) is 15.9 Å². The van der Waals surface area contributed by atoms with Crippen molar-refractivity contribution in [3.63, 3.8) is 0 Å². The molecule has 0 spiro atoms. The first-order chi connectivity index (χ1) is 8.97. The molecule has 1 atom stereocenters. The van der Waals surface area contributed by atoms with E-state index < -0.39 is 10.0 Å². The van der Waals surface area contributed by atoms with E-state index in [0.717, 1.165) is 18.1 Å². The van der Waals surface area contributed by atoms with Gasteiger partial charge in [0.25, 0.3) is 0 Å². The van der Waals surface area contributed by atoms with Gasteiger partial charge in [-0.3, -0.25) is 4.79 Å². The number of piperazine rings is 1. The van der Waals surface area contributed by atoms with E-state index in [1.54, 1.807) is 4.90 Å². The molecular weight excluding hydrogens is 322 g/mol. The summed E-state index contributed by atoms with van der Waals surface area (Å²) in [5.41, 5.74) is 0. The summed E-state index contributed by atoms with van der Waals surface area (Å²) in [5, 5.41) is 3.35. The van der Waals surface area contributed by atoms with Gasteiger partial charge < -0.3 is 10.2 Å². The van der Waals surface area contributed by atoms with Crippen molar-refractivity contribution in [3.05, 3.63) is 0 Å². The van der Waals surface area contributed by atoms with Gasteiger partial charge in [-0.05, 0) is 0 Å². The molecule has 20 heavy (non-hydrogen) atoms. The Morgan fingerprint density at radius 3 is 2.45 bits per heavy atom. The molecule has 0 aromatic carbocycles. The van der Waals surface area contributed by atoms with Crippen molar-refractivity contribution in [3.8, 4) is 0 Å². The Kier molecular flexibility index (Phi) is 7.07. The van der Waals surface area contributed by atoms with E-state index in [9.17, 15) is 13.2 Å². The number of carbonyl (C=O) groups excluding carboxylic acids is 1. The molecule has 0 saturated carbocycles. The van der Waals surface area contributed by atoms with Crippen molar-refractivity contribution >= 4 is 40.1 Å². The fourth-order valence-corrected chi connectivity index (χ4v) is 4.14.